The Kier molecular flexibility index (Phi) is 10.4. The highest BCUT2D eigenvalue weighted by molar-refractivity contribution is 6.08. The first-order valence-electron chi connectivity index (χ1n) is 23.7. The molecule has 60 heavy (non-hydrogen) atoms. The number of aryl methyl sites for hydroxylation is 2. The predicted molar refractivity (Wildman–Crippen MR) is 234 cm³/mol. The lowest BCUT2D eigenvalue weighted by Gasteiger charge is -2.70. The minimum atomic E-state index is -0.743. The summed E-state index contributed by atoms with van der Waals surface area (Å²) in [6.45, 7) is 20.5. The van der Waals surface area contributed by atoms with Crippen LogP contribution in [-0.4, -0.2) is 75.7 Å². The number of fused-ring (bicyclic) bond motifs is 6. The highest BCUT2D eigenvalue weighted by atomic mass is 16.6. The largest absolute Gasteiger partial charge is 0.396 e. The molecule has 8 aliphatic rings. The van der Waals surface area contributed by atoms with Gasteiger partial charge in [-0.25, -0.2) is 0 Å². The standard InChI is InChI=1S/C52H72N2O6/c1-29-22-30(2)24-32(23-29)26-34-36(17-21-55)54(37-16-20-53-44(34)37)28-35-43-42(31(3)25-38(56)47-48(4,5)60-47)39(57)27-51(43,8)50(7)19-14-40-49(6,46(50)45(35)59)18-15-41(58)52(40,9)33-12-10-11-13-33/h16,20,22-24,31,33,35,37-38,40,45-47,55-56,59H,10-15,17-19,21,25-28H2,1-9H3/p+1/t31-,35-,37?,38-,40-,45-,46+,47+,49+,50+,51-,52+/m1/s1. The van der Waals surface area contributed by atoms with Gasteiger partial charge in [-0.05, 0) is 124 Å². The van der Waals surface area contributed by atoms with Gasteiger partial charge in [-0.3, -0.25) is 19.5 Å². The number of nitrogens with one attached hydrogen (secondary N) is 1. The lowest BCUT2D eigenvalue weighted by atomic mass is 9.34. The number of ketones is 2. The number of epoxide rings is 1. The van der Waals surface area contributed by atoms with Crippen molar-refractivity contribution in [3.05, 3.63) is 69.6 Å². The summed E-state index contributed by atoms with van der Waals surface area (Å²) < 4.78 is 5.90. The Morgan fingerprint density at radius 1 is 0.983 bits per heavy atom. The molecule has 3 heterocycles. The third-order valence-corrected chi connectivity index (χ3v) is 18.8. The number of ether oxygens (including phenoxy) is 1. The van der Waals surface area contributed by atoms with Crippen molar-refractivity contribution in [1.82, 2.24) is 0 Å². The molecule has 1 saturated heterocycles. The van der Waals surface area contributed by atoms with Gasteiger partial charge in [0.05, 0.1) is 36.9 Å². The van der Waals surface area contributed by atoms with Gasteiger partial charge in [-0.2, -0.15) is 0 Å². The Morgan fingerprint density at radius 3 is 2.32 bits per heavy atom. The maximum absolute atomic E-state index is 15.0. The van der Waals surface area contributed by atoms with E-state index in [0.717, 1.165) is 61.1 Å². The number of benzene rings is 1. The van der Waals surface area contributed by atoms with E-state index in [-0.39, 0.29) is 64.6 Å². The molecule has 1 aromatic rings. The third-order valence-electron chi connectivity index (χ3n) is 18.8. The Hall–Kier alpha value is -2.75. The number of quaternary nitrogens is 1. The van der Waals surface area contributed by atoms with Crippen LogP contribution in [0.3, 0.4) is 0 Å². The van der Waals surface area contributed by atoms with Crippen molar-refractivity contribution in [2.45, 2.75) is 169 Å². The lowest BCUT2D eigenvalue weighted by molar-refractivity contribution is -0.871. The molecule has 8 nitrogen and oxygen atoms in total. The van der Waals surface area contributed by atoms with Crippen molar-refractivity contribution >= 4 is 17.3 Å². The van der Waals surface area contributed by atoms with Crippen LogP contribution in [0.5, 0.6) is 0 Å². The van der Waals surface area contributed by atoms with E-state index < -0.39 is 23.0 Å². The van der Waals surface area contributed by atoms with Gasteiger partial charge in [-0.1, -0.05) is 76.8 Å². The number of Topliss-reactive ketones (excluding diaryl/α,β-unsaturated/α-hetero) is 2. The average Bonchev–Trinajstić information content (AvgIpc) is 3.72. The van der Waals surface area contributed by atoms with Crippen molar-refractivity contribution in [2.24, 2.45) is 56.2 Å². The number of nitrogens with zero attached hydrogens (tertiary/aromatic N) is 1. The maximum Gasteiger partial charge on any atom is 0.160 e. The van der Waals surface area contributed by atoms with E-state index in [1.807, 2.05) is 20.0 Å². The number of rotatable bonds is 11. The first-order valence-corrected chi connectivity index (χ1v) is 23.7. The third kappa shape index (κ3) is 6.18. The molecule has 0 amide bonds. The van der Waals surface area contributed by atoms with Crippen LogP contribution in [0.15, 0.2) is 57.9 Å². The first kappa shape index (κ1) is 42.5. The summed E-state index contributed by atoms with van der Waals surface area (Å²) in [7, 11) is 0. The monoisotopic (exact) mass is 822 g/mol. The number of allylic oxidation sites excluding steroid dienone is 1. The van der Waals surface area contributed by atoms with Crippen LogP contribution in [0, 0.1) is 65.1 Å². The van der Waals surface area contributed by atoms with Gasteiger partial charge in [0, 0.05) is 48.3 Å². The Morgan fingerprint density at radius 2 is 1.67 bits per heavy atom. The first-order chi connectivity index (χ1) is 28.3. The van der Waals surface area contributed by atoms with Gasteiger partial charge in [0.2, 0.25) is 0 Å². The molecule has 3 aliphatic heterocycles. The minimum Gasteiger partial charge on any atom is -0.396 e. The molecule has 326 valence electrons. The fourth-order valence-corrected chi connectivity index (χ4v) is 16.1. The molecule has 4 saturated carbocycles. The predicted octanol–water partition coefficient (Wildman–Crippen LogP) is 7.15. The Bertz CT molecular complexity index is 2070. The molecule has 0 spiro atoms. The van der Waals surface area contributed by atoms with Crippen molar-refractivity contribution in [2.75, 3.05) is 13.2 Å². The van der Waals surface area contributed by atoms with Crippen LogP contribution in [0.4, 0.5) is 0 Å². The average molecular weight is 822 g/mol. The summed E-state index contributed by atoms with van der Waals surface area (Å²) in [5.74, 6) is 0.483. The summed E-state index contributed by atoms with van der Waals surface area (Å²) in [5.41, 5.74) is 7.03. The van der Waals surface area contributed by atoms with Crippen LogP contribution >= 0.6 is 0 Å². The van der Waals surface area contributed by atoms with Crippen LogP contribution in [-0.2, 0) is 20.7 Å². The molecule has 9 rings (SSSR count). The zero-order valence-electron chi connectivity index (χ0n) is 38.0. The summed E-state index contributed by atoms with van der Waals surface area (Å²) in [5, 5.41) is 35.9. The second-order valence-corrected chi connectivity index (χ2v) is 22.5. The molecule has 8 heteroatoms. The molecule has 0 radical (unpaired) electrons. The van der Waals surface area contributed by atoms with Crippen LogP contribution in [0.2, 0.25) is 0 Å². The van der Waals surface area contributed by atoms with E-state index in [9.17, 15) is 24.9 Å². The number of aliphatic hydroxyl groups is 3. The highest BCUT2D eigenvalue weighted by Crippen LogP contribution is 2.75. The Balaban J connectivity index is 1.18. The van der Waals surface area contributed by atoms with Gasteiger partial charge in [0.25, 0.3) is 0 Å². The topological polar surface area (TPSA) is 124 Å². The molecule has 0 bridgehead atoms. The smallest absolute Gasteiger partial charge is 0.160 e. The van der Waals surface area contributed by atoms with E-state index in [1.165, 1.54) is 40.0 Å². The number of carbonyl (C=O) groups excluding carboxylic acids is 2. The van der Waals surface area contributed by atoms with Gasteiger partial charge >= 0.3 is 0 Å². The number of hydrogen-bond donors (Lipinski definition) is 4. The van der Waals surface area contributed by atoms with Crippen molar-refractivity contribution in [3.63, 3.8) is 0 Å². The highest BCUT2D eigenvalue weighted by Gasteiger charge is 2.73. The normalized spacial score (nSPS) is 41.7. The number of carbonyl (C=O) groups is 2. The summed E-state index contributed by atoms with van der Waals surface area (Å²) in [4.78, 5) is 35.5. The van der Waals surface area contributed by atoms with E-state index in [2.05, 4.69) is 72.7 Å². The zero-order chi connectivity index (χ0) is 42.9. The summed E-state index contributed by atoms with van der Waals surface area (Å²) in [6, 6.07) is 6.67. The summed E-state index contributed by atoms with van der Waals surface area (Å²) >= 11 is 0. The molecule has 2 unspecified atom stereocenters. The molecule has 5 aliphatic carbocycles. The van der Waals surface area contributed by atoms with Crippen molar-refractivity contribution < 1.29 is 34.5 Å². The van der Waals surface area contributed by atoms with Gasteiger partial charge < -0.3 is 20.1 Å². The van der Waals surface area contributed by atoms with E-state index in [0.29, 0.717) is 43.9 Å². The molecule has 1 aromatic carbocycles. The quantitative estimate of drug-likeness (QED) is 0.176. The van der Waals surface area contributed by atoms with E-state index in [1.54, 1.807) is 0 Å². The molecule has 5 fully saturated rings. The van der Waals surface area contributed by atoms with Crippen molar-refractivity contribution in [1.29, 1.82) is 0 Å². The summed E-state index contributed by atoms with van der Waals surface area (Å²) in [6.07, 6.45) is 12.2. The lowest BCUT2D eigenvalue weighted by Crippen LogP contribution is -3.14. The molecule has 0 aromatic heterocycles. The zero-order valence-corrected chi connectivity index (χ0v) is 38.0. The number of aliphatic hydroxyl groups excluding tert-OH is 3. The second-order valence-electron chi connectivity index (χ2n) is 22.5. The number of aliphatic imine (C=N–C) groups is 1. The fraction of sp³-hybridized carbons (Fsp3) is 0.712. The van der Waals surface area contributed by atoms with E-state index >= 15 is 0 Å². The van der Waals surface area contributed by atoms with Gasteiger partial charge in [-0.15, -0.1) is 0 Å². The number of hydrogen-bond acceptors (Lipinski definition) is 7. The fourth-order valence-electron chi connectivity index (χ4n) is 16.1. The van der Waals surface area contributed by atoms with Crippen molar-refractivity contribution in [3.8, 4) is 0 Å². The molecular formula is C52H73N2O6+. The maximum atomic E-state index is 15.0. The SMILES string of the molecule is Cc1cc(C)cc(CC2=C(CCO)[NH+](C[C@@H]3C4=C([C@H](C)C[C@@H](O)[C@@H]5OC5(C)C)C(=O)C[C@@]4(C)[C@@]4(C)CC[C@@H]5[C@](C)(CCC(=O)[C@@]5(C)C5CCCC5)[C@@H]4[C@@H]3O)C3C=CN=C23)c1. The second kappa shape index (κ2) is 14.7. The van der Waals surface area contributed by atoms with Gasteiger partial charge in [0.1, 0.15) is 23.3 Å². The van der Waals surface area contributed by atoms with Crippen LogP contribution < -0.4 is 4.90 Å². The van der Waals surface area contributed by atoms with E-state index in [4.69, 9.17) is 9.73 Å². The van der Waals surface area contributed by atoms with Crippen LogP contribution in [0.25, 0.3) is 0 Å². The van der Waals surface area contributed by atoms with Crippen LogP contribution in [0.1, 0.15) is 136 Å². The minimum absolute atomic E-state index is 0.0129. The van der Waals surface area contributed by atoms with Gasteiger partial charge in [0.15, 0.2) is 11.8 Å². The molecular weight excluding hydrogens is 749 g/mol. The molecule has 13 atom stereocenters. The Labute approximate surface area is 359 Å². The molecule has 4 N–H and O–H groups in total.